The van der Waals surface area contributed by atoms with Gasteiger partial charge in [0.1, 0.15) is 12.3 Å². The largest absolute Gasteiger partial charge is 0.508 e. The zero-order valence-electron chi connectivity index (χ0n) is 12.0. The van der Waals surface area contributed by atoms with Crippen LogP contribution in [0.4, 0.5) is 5.69 Å². The molecule has 1 amide bonds. The summed E-state index contributed by atoms with van der Waals surface area (Å²) in [7, 11) is 0. The molecule has 1 aliphatic rings. The molecule has 0 spiro atoms. The van der Waals surface area contributed by atoms with Crippen molar-refractivity contribution < 1.29 is 19.8 Å². The lowest BCUT2D eigenvalue weighted by molar-refractivity contribution is -0.137. The molecule has 114 valence electrons. The Kier molecular flexibility index (Phi) is 5.20. The fourth-order valence-electron chi connectivity index (χ4n) is 2.81. The van der Waals surface area contributed by atoms with E-state index >= 15 is 0 Å². The number of benzene rings is 1. The Balaban J connectivity index is 2.19. The van der Waals surface area contributed by atoms with E-state index in [4.69, 9.17) is 5.11 Å². The summed E-state index contributed by atoms with van der Waals surface area (Å²) in [4.78, 5) is 25.1. The number of hydrogen-bond donors (Lipinski definition) is 2. The van der Waals surface area contributed by atoms with Gasteiger partial charge < -0.3 is 15.1 Å². The Morgan fingerprint density at radius 1 is 1.05 bits per heavy atom. The van der Waals surface area contributed by atoms with Crippen molar-refractivity contribution in [3.05, 3.63) is 24.3 Å². The summed E-state index contributed by atoms with van der Waals surface area (Å²) in [6.07, 6.45) is 5.98. The number of amides is 1. The first-order valence-electron chi connectivity index (χ1n) is 7.40. The van der Waals surface area contributed by atoms with Crippen LogP contribution in [-0.2, 0) is 9.59 Å². The standard InChI is InChI=1S/C16H21NO4/c18-14-9-7-13(8-10-14)17(11-15(19)20)16(21)12-5-3-1-2-4-6-12/h7-10,12,18H,1-6,11H2,(H,19,20). The molecule has 0 unspecified atom stereocenters. The van der Waals surface area contributed by atoms with Crippen LogP contribution in [0.25, 0.3) is 0 Å². The van der Waals surface area contributed by atoms with Gasteiger partial charge in [0.25, 0.3) is 0 Å². The van der Waals surface area contributed by atoms with Crippen LogP contribution >= 0.6 is 0 Å². The first kappa shape index (κ1) is 15.4. The number of aromatic hydroxyl groups is 1. The summed E-state index contributed by atoms with van der Waals surface area (Å²) in [5.41, 5.74) is 0.518. The van der Waals surface area contributed by atoms with Crippen molar-refractivity contribution in [3.63, 3.8) is 0 Å². The molecular weight excluding hydrogens is 270 g/mol. The number of carbonyl (C=O) groups excluding carboxylic acids is 1. The lowest BCUT2D eigenvalue weighted by Crippen LogP contribution is -2.39. The number of aliphatic carboxylic acids is 1. The zero-order valence-corrected chi connectivity index (χ0v) is 12.0. The second-order valence-corrected chi connectivity index (χ2v) is 5.52. The molecule has 0 atom stereocenters. The summed E-state index contributed by atoms with van der Waals surface area (Å²) in [5, 5.41) is 18.4. The van der Waals surface area contributed by atoms with Crippen LogP contribution in [0.15, 0.2) is 24.3 Å². The predicted octanol–water partition coefficient (Wildman–Crippen LogP) is 2.78. The lowest BCUT2D eigenvalue weighted by atomic mass is 9.98. The van der Waals surface area contributed by atoms with Gasteiger partial charge in [0.05, 0.1) is 0 Å². The zero-order chi connectivity index (χ0) is 15.2. The first-order chi connectivity index (χ1) is 10.1. The summed E-state index contributed by atoms with van der Waals surface area (Å²) >= 11 is 0. The highest BCUT2D eigenvalue weighted by Gasteiger charge is 2.27. The van der Waals surface area contributed by atoms with E-state index in [1.807, 2.05) is 0 Å². The molecule has 0 aromatic heterocycles. The highest BCUT2D eigenvalue weighted by atomic mass is 16.4. The highest BCUT2D eigenvalue weighted by molar-refractivity contribution is 5.98. The summed E-state index contributed by atoms with van der Waals surface area (Å²) < 4.78 is 0. The number of carboxylic acids is 1. The molecule has 5 nitrogen and oxygen atoms in total. The van der Waals surface area contributed by atoms with Gasteiger partial charge in [-0.1, -0.05) is 25.7 Å². The van der Waals surface area contributed by atoms with Crippen molar-refractivity contribution in [3.8, 4) is 5.75 Å². The molecule has 0 heterocycles. The molecule has 0 bridgehead atoms. The number of phenols is 1. The number of carbonyl (C=O) groups is 2. The molecule has 1 aliphatic carbocycles. The first-order valence-corrected chi connectivity index (χ1v) is 7.40. The van der Waals surface area contributed by atoms with E-state index in [9.17, 15) is 14.7 Å². The SMILES string of the molecule is O=C(O)CN(C(=O)C1CCCCCC1)c1ccc(O)cc1. The molecular formula is C16H21NO4. The van der Waals surface area contributed by atoms with E-state index in [0.29, 0.717) is 5.69 Å². The maximum Gasteiger partial charge on any atom is 0.323 e. The van der Waals surface area contributed by atoms with Crippen molar-refractivity contribution in [1.82, 2.24) is 0 Å². The fraction of sp³-hybridized carbons (Fsp3) is 0.500. The minimum atomic E-state index is -1.04. The molecule has 1 fully saturated rings. The summed E-state index contributed by atoms with van der Waals surface area (Å²) in [6, 6.07) is 6.08. The van der Waals surface area contributed by atoms with Crippen molar-refractivity contribution in [2.75, 3.05) is 11.4 Å². The van der Waals surface area contributed by atoms with Crippen molar-refractivity contribution in [2.24, 2.45) is 5.92 Å². The monoisotopic (exact) mass is 291 g/mol. The van der Waals surface area contributed by atoms with Crippen molar-refractivity contribution in [1.29, 1.82) is 0 Å². The molecule has 2 rings (SSSR count). The third-order valence-corrected chi connectivity index (χ3v) is 3.93. The molecule has 1 aromatic carbocycles. The summed E-state index contributed by atoms with van der Waals surface area (Å²) in [6.45, 7) is -0.347. The van der Waals surface area contributed by atoms with E-state index in [1.54, 1.807) is 12.1 Å². The maximum absolute atomic E-state index is 12.7. The average Bonchev–Trinajstić information content (AvgIpc) is 2.74. The van der Waals surface area contributed by atoms with Gasteiger partial charge in [0, 0.05) is 11.6 Å². The minimum Gasteiger partial charge on any atom is -0.508 e. The van der Waals surface area contributed by atoms with Gasteiger partial charge in [-0.05, 0) is 37.1 Å². The van der Waals surface area contributed by atoms with Crippen LogP contribution in [-0.4, -0.2) is 28.6 Å². The van der Waals surface area contributed by atoms with Gasteiger partial charge in [-0.15, -0.1) is 0 Å². The molecule has 0 radical (unpaired) electrons. The number of hydrogen-bond acceptors (Lipinski definition) is 3. The quantitative estimate of drug-likeness (QED) is 0.836. The number of anilines is 1. The van der Waals surface area contributed by atoms with E-state index in [-0.39, 0.29) is 24.1 Å². The van der Waals surface area contributed by atoms with E-state index in [0.717, 1.165) is 38.5 Å². The molecule has 21 heavy (non-hydrogen) atoms. The van der Waals surface area contributed by atoms with Crippen LogP contribution in [0, 0.1) is 5.92 Å². The topological polar surface area (TPSA) is 77.8 Å². The lowest BCUT2D eigenvalue weighted by Gasteiger charge is -2.25. The Labute approximate surface area is 124 Å². The van der Waals surface area contributed by atoms with Crippen LogP contribution in [0.1, 0.15) is 38.5 Å². The van der Waals surface area contributed by atoms with Crippen molar-refractivity contribution >= 4 is 17.6 Å². The van der Waals surface area contributed by atoms with Gasteiger partial charge >= 0.3 is 5.97 Å². The fourth-order valence-corrected chi connectivity index (χ4v) is 2.81. The second-order valence-electron chi connectivity index (χ2n) is 5.52. The second kappa shape index (κ2) is 7.11. The average molecular weight is 291 g/mol. The van der Waals surface area contributed by atoms with Gasteiger partial charge in [-0.3, -0.25) is 9.59 Å². The Bertz CT molecular complexity index is 490. The normalized spacial score (nSPS) is 16.2. The van der Waals surface area contributed by atoms with Crippen LogP contribution < -0.4 is 4.90 Å². The molecule has 1 aromatic rings. The van der Waals surface area contributed by atoms with Crippen LogP contribution in [0.2, 0.25) is 0 Å². The number of carboxylic acid groups (broad SMARTS) is 1. The van der Waals surface area contributed by atoms with Gasteiger partial charge in [-0.2, -0.15) is 0 Å². The van der Waals surface area contributed by atoms with Gasteiger partial charge in [-0.25, -0.2) is 0 Å². The minimum absolute atomic E-state index is 0.0935. The Morgan fingerprint density at radius 2 is 1.62 bits per heavy atom. The molecule has 5 heteroatoms. The third kappa shape index (κ3) is 4.21. The van der Waals surface area contributed by atoms with E-state index < -0.39 is 5.97 Å². The molecule has 2 N–H and O–H groups in total. The number of nitrogens with zero attached hydrogens (tertiary/aromatic N) is 1. The van der Waals surface area contributed by atoms with E-state index in [2.05, 4.69) is 0 Å². The van der Waals surface area contributed by atoms with Crippen LogP contribution in [0.5, 0.6) is 5.75 Å². The molecule has 1 saturated carbocycles. The van der Waals surface area contributed by atoms with E-state index in [1.165, 1.54) is 17.0 Å². The number of phenolic OH excluding ortho intramolecular Hbond substituents is 1. The predicted molar refractivity (Wildman–Crippen MR) is 79.3 cm³/mol. The molecule has 0 aliphatic heterocycles. The van der Waals surface area contributed by atoms with Crippen molar-refractivity contribution in [2.45, 2.75) is 38.5 Å². The molecule has 0 saturated heterocycles. The van der Waals surface area contributed by atoms with Crippen LogP contribution in [0.3, 0.4) is 0 Å². The van der Waals surface area contributed by atoms with Gasteiger partial charge in [0.15, 0.2) is 0 Å². The Hall–Kier alpha value is -2.04. The number of rotatable bonds is 4. The van der Waals surface area contributed by atoms with Gasteiger partial charge in [0.2, 0.25) is 5.91 Å². The Morgan fingerprint density at radius 3 is 2.14 bits per heavy atom. The summed E-state index contributed by atoms with van der Waals surface area (Å²) in [5.74, 6) is -1.16. The smallest absolute Gasteiger partial charge is 0.323 e. The third-order valence-electron chi connectivity index (χ3n) is 3.93. The highest BCUT2D eigenvalue weighted by Crippen LogP contribution is 2.27. The maximum atomic E-state index is 12.7.